The molecule has 1 rings (SSSR count). The van der Waals surface area contributed by atoms with Crippen LogP contribution in [-0.2, 0) is 16.1 Å². The van der Waals surface area contributed by atoms with Gasteiger partial charge in [0.15, 0.2) is 0 Å². The molecule has 4 nitrogen and oxygen atoms in total. The highest BCUT2D eigenvalue weighted by atomic mass is 19.1. The van der Waals surface area contributed by atoms with Gasteiger partial charge in [-0.25, -0.2) is 4.39 Å². The van der Waals surface area contributed by atoms with E-state index in [1.54, 1.807) is 30.0 Å². The van der Waals surface area contributed by atoms with Crippen LogP contribution in [0.4, 0.5) is 4.39 Å². The Balaban J connectivity index is 2.77. The second-order valence-corrected chi connectivity index (χ2v) is 4.19. The van der Waals surface area contributed by atoms with Gasteiger partial charge in [-0.1, -0.05) is 12.1 Å². The minimum atomic E-state index is -0.545. The molecular formula is C15H17FN2O2. The zero-order valence-corrected chi connectivity index (χ0v) is 11.4. The molecule has 0 spiro atoms. The van der Waals surface area contributed by atoms with Crippen molar-refractivity contribution in [2.24, 2.45) is 0 Å². The Kier molecular flexibility index (Phi) is 6.41. The number of carbonyl (C=O) groups excluding carboxylic acids is 1. The molecule has 20 heavy (non-hydrogen) atoms. The van der Waals surface area contributed by atoms with Crippen molar-refractivity contribution in [2.75, 3.05) is 19.7 Å². The molecule has 1 aromatic rings. The number of ether oxygens (including phenoxy) is 1. The van der Waals surface area contributed by atoms with E-state index in [4.69, 9.17) is 10.00 Å². The number of nitrogens with zero attached hydrogens (tertiary/aromatic N) is 2. The minimum absolute atomic E-state index is 0.00260. The zero-order valence-electron chi connectivity index (χ0n) is 11.4. The molecule has 0 aliphatic carbocycles. The Morgan fingerprint density at radius 2 is 2.35 bits per heavy atom. The van der Waals surface area contributed by atoms with E-state index < -0.39 is 5.82 Å². The van der Waals surface area contributed by atoms with Crippen molar-refractivity contribution in [1.29, 1.82) is 5.26 Å². The molecule has 0 radical (unpaired) electrons. The number of esters is 1. The third-order valence-corrected chi connectivity index (χ3v) is 2.60. The maximum Gasteiger partial charge on any atom is 0.320 e. The van der Waals surface area contributed by atoms with Crippen LogP contribution in [0.1, 0.15) is 18.1 Å². The molecule has 0 aromatic heterocycles. The van der Waals surface area contributed by atoms with Gasteiger partial charge < -0.3 is 4.74 Å². The van der Waals surface area contributed by atoms with E-state index in [1.807, 2.05) is 0 Å². The van der Waals surface area contributed by atoms with E-state index in [-0.39, 0.29) is 18.1 Å². The maximum absolute atomic E-state index is 13.2. The van der Waals surface area contributed by atoms with Crippen molar-refractivity contribution in [2.45, 2.75) is 13.5 Å². The number of benzene rings is 1. The lowest BCUT2D eigenvalue weighted by Gasteiger charge is -2.19. The van der Waals surface area contributed by atoms with Gasteiger partial charge in [0.25, 0.3) is 0 Å². The fraction of sp³-hybridized carbons (Fsp3) is 0.333. The van der Waals surface area contributed by atoms with Crippen LogP contribution in [0, 0.1) is 17.1 Å². The molecule has 0 bridgehead atoms. The molecule has 0 heterocycles. The number of hydrogen-bond acceptors (Lipinski definition) is 4. The molecule has 0 saturated carbocycles. The van der Waals surface area contributed by atoms with E-state index in [0.29, 0.717) is 19.7 Å². The Hall–Kier alpha value is -2.19. The Bertz CT molecular complexity index is 523. The van der Waals surface area contributed by atoms with Crippen molar-refractivity contribution < 1.29 is 13.9 Å². The van der Waals surface area contributed by atoms with Crippen LogP contribution in [0.15, 0.2) is 30.9 Å². The van der Waals surface area contributed by atoms with Crippen molar-refractivity contribution >= 4 is 5.97 Å². The van der Waals surface area contributed by atoms with Crippen LogP contribution in [0.5, 0.6) is 0 Å². The van der Waals surface area contributed by atoms with Gasteiger partial charge in [-0.2, -0.15) is 5.26 Å². The summed E-state index contributed by atoms with van der Waals surface area (Å²) < 4.78 is 18.1. The van der Waals surface area contributed by atoms with E-state index in [0.717, 1.165) is 5.56 Å². The second kappa shape index (κ2) is 8.08. The summed E-state index contributed by atoms with van der Waals surface area (Å²) in [6, 6.07) is 6.13. The summed E-state index contributed by atoms with van der Waals surface area (Å²) in [5.41, 5.74) is 0.756. The number of halogens is 1. The Labute approximate surface area is 118 Å². The zero-order chi connectivity index (χ0) is 15.0. The molecule has 0 amide bonds. The first-order valence-electron chi connectivity index (χ1n) is 6.28. The maximum atomic E-state index is 13.2. The summed E-state index contributed by atoms with van der Waals surface area (Å²) in [7, 11) is 0. The topological polar surface area (TPSA) is 53.3 Å². The molecule has 1 aromatic carbocycles. The van der Waals surface area contributed by atoms with Gasteiger partial charge in [-0.3, -0.25) is 9.69 Å². The quantitative estimate of drug-likeness (QED) is 0.566. The first-order valence-corrected chi connectivity index (χ1v) is 6.28. The van der Waals surface area contributed by atoms with Gasteiger partial charge in [0.1, 0.15) is 11.9 Å². The lowest BCUT2D eigenvalue weighted by molar-refractivity contribution is -0.144. The largest absolute Gasteiger partial charge is 0.465 e. The summed E-state index contributed by atoms with van der Waals surface area (Å²) >= 11 is 0. The van der Waals surface area contributed by atoms with Crippen LogP contribution < -0.4 is 0 Å². The number of rotatable bonds is 7. The molecule has 0 saturated heterocycles. The van der Waals surface area contributed by atoms with Crippen molar-refractivity contribution in [3.63, 3.8) is 0 Å². The molecule has 0 N–H and O–H groups in total. The van der Waals surface area contributed by atoms with Gasteiger partial charge in [0.05, 0.1) is 18.7 Å². The number of carbonyl (C=O) groups is 1. The lowest BCUT2D eigenvalue weighted by Crippen LogP contribution is -2.30. The third-order valence-electron chi connectivity index (χ3n) is 2.60. The molecule has 0 aliphatic heterocycles. The minimum Gasteiger partial charge on any atom is -0.465 e. The van der Waals surface area contributed by atoms with E-state index >= 15 is 0 Å². The van der Waals surface area contributed by atoms with Gasteiger partial charge in [-0.05, 0) is 24.6 Å². The average molecular weight is 276 g/mol. The second-order valence-electron chi connectivity index (χ2n) is 4.19. The third kappa shape index (κ3) is 4.82. The predicted octanol–water partition coefficient (Wildman–Crippen LogP) is 2.25. The summed E-state index contributed by atoms with van der Waals surface area (Å²) in [4.78, 5) is 13.3. The van der Waals surface area contributed by atoms with Gasteiger partial charge in [-0.15, -0.1) is 6.58 Å². The molecular weight excluding hydrogens is 259 g/mol. The first-order chi connectivity index (χ1) is 9.60. The van der Waals surface area contributed by atoms with Crippen LogP contribution in [-0.4, -0.2) is 30.6 Å². The molecule has 0 atom stereocenters. The molecule has 5 heteroatoms. The molecule has 0 unspecified atom stereocenters. The normalized spacial score (nSPS) is 10.1. The standard InChI is InChI=1S/C15H17FN2O2/c1-3-7-18(11-15(19)20-4-2)10-12-5-6-14(16)13(8-12)9-17/h3,5-6,8H,1,4,7,10-11H2,2H3. The van der Waals surface area contributed by atoms with Crippen LogP contribution in [0.3, 0.4) is 0 Å². The van der Waals surface area contributed by atoms with Gasteiger partial charge >= 0.3 is 5.97 Å². The summed E-state index contributed by atoms with van der Waals surface area (Å²) in [5, 5.41) is 8.80. The lowest BCUT2D eigenvalue weighted by atomic mass is 10.1. The smallest absolute Gasteiger partial charge is 0.320 e. The first kappa shape index (κ1) is 15.9. The van der Waals surface area contributed by atoms with E-state index in [1.165, 1.54) is 12.1 Å². The molecule has 0 fully saturated rings. The van der Waals surface area contributed by atoms with Crippen LogP contribution in [0.2, 0.25) is 0 Å². The summed E-state index contributed by atoms with van der Waals surface area (Å²) in [5.74, 6) is -0.867. The number of nitriles is 1. The van der Waals surface area contributed by atoms with E-state index in [9.17, 15) is 9.18 Å². The van der Waals surface area contributed by atoms with Crippen LogP contribution >= 0.6 is 0 Å². The Morgan fingerprint density at radius 3 is 2.95 bits per heavy atom. The predicted molar refractivity (Wildman–Crippen MR) is 73.2 cm³/mol. The molecule has 0 aliphatic rings. The summed E-state index contributed by atoms with van der Waals surface area (Å²) in [6.45, 7) is 6.75. The highest BCUT2D eigenvalue weighted by Gasteiger charge is 2.12. The van der Waals surface area contributed by atoms with Crippen LogP contribution in [0.25, 0.3) is 0 Å². The van der Waals surface area contributed by atoms with Gasteiger partial charge in [0, 0.05) is 13.1 Å². The summed E-state index contributed by atoms with van der Waals surface area (Å²) in [6.07, 6.45) is 1.67. The number of hydrogen-bond donors (Lipinski definition) is 0. The Morgan fingerprint density at radius 1 is 1.60 bits per heavy atom. The average Bonchev–Trinajstić information content (AvgIpc) is 2.41. The van der Waals surface area contributed by atoms with Crippen molar-refractivity contribution in [1.82, 2.24) is 4.90 Å². The van der Waals surface area contributed by atoms with Crippen molar-refractivity contribution in [3.05, 3.63) is 47.8 Å². The highest BCUT2D eigenvalue weighted by molar-refractivity contribution is 5.71. The SMILES string of the molecule is C=CCN(CC(=O)OCC)Cc1ccc(F)c(C#N)c1. The van der Waals surface area contributed by atoms with Gasteiger partial charge in [0.2, 0.25) is 0 Å². The molecule has 106 valence electrons. The fourth-order valence-corrected chi connectivity index (χ4v) is 1.77. The van der Waals surface area contributed by atoms with E-state index in [2.05, 4.69) is 6.58 Å². The highest BCUT2D eigenvalue weighted by Crippen LogP contribution is 2.12. The van der Waals surface area contributed by atoms with Crippen molar-refractivity contribution in [3.8, 4) is 6.07 Å². The monoisotopic (exact) mass is 276 g/mol. The fourth-order valence-electron chi connectivity index (χ4n) is 1.77.